The summed E-state index contributed by atoms with van der Waals surface area (Å²) in [7, 11) is 1.62. The Balaban J connectivity index is 1.72. The molecule has 0 fully saturated rings. The van der Waals surface area contributed by atoms with Crippen LogP contribution < -0.4 is 5.32 Å². The van der Waals surface area contributed by atoms with Gasteiger partial charge in [0.25, 0.3) is 5.91 Å². The number of hydrogen-bond donors (Lipinski definition) is 1. The molecule has 0 saturated carbocycles. The molecule has 1 amide bonds. The molecule has 27 heavy (non-hydrogen) atoms. The van der Waals surface area contributed by atoms with Crippen molar-refractivity contribution in [3.8, 4) is 0 Å². The largest absolute Gasteiger partial charge is 0.449 e. The lowest BCUT2D eigenvalue weighted by Gasteiger charge is -2.18. The number of nitrogens with one attached hydrogen (secondary N) is 1. The molecule has 3 heterocycles. The van der Waals surface area contributed by atoms with Crippen LogP contribution in [0.3, 0.4) is 0 Å². The van der Waals surface area contributed by atoms with Crippen molar-refractivity contribution in [1.82, 2.24) is 19.1 Å². The quantitative estimate of drug-likeness (QED) is 0.691. The van der Waals surface area contributed by atoms with Gasteiger partial charge in [-0.2, -0.15) is 13.2 Å². The van der Waals surface area contributed by atoms with Gasteiger partial charge in [0.05, 0.1) is 16.7 Å². The lowest BCUT2D eigenvalue weighted by molar-refractivity contribution is -0.147. The second-order valence-corrected chi connectivity index (χ2v) is 6.42. The van der Waals surface area contributed by atoms with Crippen LogP contribution in [0, 0.1) is 5.82 Å². The average Bonchev–Trinajstić information content (AvgIpc) is 3.13. The molecule has 0 radical (unpaired) electrons. The van der Waals surface area contributed by atoms with E-state index in [-0.39, 0.29) is 23.9 Å². The van der Waals surface area contributed by atoms with Gasteiger partial charge < -0.3 is 9.13 Å². The maximum absolute atomic E-state index is 13.4. The van der Waals surface area contributed by atoms with Crippen molar-refractivity contribution in [2.75, 3.05) is 5.32 Å². The summed E-state index contributed by atoms with van der Waals surface area (Å²) in [5, 5.41) is 2.50. The van der Waals surface area contributed by atoms with E-state index in [9.17, 15) is 22.4 Å². The molecular weight excluding hydrogens is 366 g/mol. The predicted octanol–water partition coefficient (Wildman–Crippen LogP) is 3.52. The monoisotopic (exact) mass is 381 g/mol. The number of aromatic nitrogens is 4. The number of amides is 1. The lowest BCUT2D eigenvalue weighted by atomic mass is 10.1. The molecule has 1 aliphatic rings. The zero-order valence-corrected chi connectivity index (χ0v) is 14.3. The fourth-order valence-corrected chi connectivity index (χ4v) is 3.39. The summed E-state index contributed by atoms with van der Waals surface area (Å²) < 4.78 is 55.7. The number of fused-ring (bicyclic) bond motifs is 2. The molecule has 1 aromatic carbocycles. The molecule has 1 aliphatic heterocycles. The topological polar surface area (TPSA) is 64.7 Å². The van der Waals surface area contributed by atoms with Gasteiger partial charge in [-0.15, -0.1) is 0 Å². The van der Waals surface area contributed by atoms with Gasteiger partial charge in [0, 0.05) is 19.7 Å². The molecule has 3 aromatic rings. The van der Waals surface area contributed by atoms with Gasteiger partial charge in [-0.05, 0) is 31.4 Å². The number of anilines is 1. The number of alkyl halides is 3. The Hall–Kier alpha value is -2.91. The summed E-state index contributed by atoms with van der Waals surface area (Å²) >= 11 is 0. The number of benzene rings is 1. The highest BCUT2D eigenvalue weighted by atomic mass is 19.4. The number of nitrogens with zero attached hydrogens (tertiary/aromatic N) is 4. The van der Waals surface area contributed by atoms with Gasteiger partial charge in [0.1, 0.15) is 5.82 Å². The first-order valence-electron chi connectivity index (χ1n) is 8.35. The van der Waals surface area contributed by atoms with E-state index < -0.39 is 23.7 Å². The SMILES string of the molecule is Cn1c(NC(=O)c2nc(C(F)(F)F)n3c2CCCC3)nc2cc(F)ccc21. The third-order valence-electron chi connectivity index (χ3n) is 4.65. The summed E-state index contributed by atoms with van der Waals surface area (Å²) in [6, 6.07) is 3.98. The zero-order valence-electron chi connectivity index (χ0n) is 14.3. The Morgan fingerprint density at radius 2 is 2.00 bits per heavy atom. The summed E-state index contributed by atoms with van der Waals surface area (Å²) in [5.41, 5.74) is 0.932. The Bertz CT molecular complexity index is 1050. The Labute approximate surface area is 150 Å². The van der Waals surface area contributed by atoms with E-state index in [0.29, 0.717) is 30.3 Å². The number of aryl methyl sites for hydroxylation is 1. The van der Waals surface area contributed by atoms with Crippen LogP contribution in [0.25, 0.3) is 11.0 Å². The minimum atomic E-state index is -4.64. The highest BCUT2D eigenvalue weighted by Gasteiger charge is 2.40. The first-order chi connectivity index (χ1) is 12.8. The highest BCUT2D eigenvalue weighted by molar-refractivity contribution is 6.03. The van der Waals surface area contributed by atoms with Crippen LogP contribution in [0.4, 0.5) is 23.5 Å². The Morgan fingerprint density at radius 3 is 2.74 bits per heavy atom. The van der Waals surface area contributed by atoms with E-state index in [1.807, 2.05) is 0 Å². The van der Waals surface area contributed by atoms with E-state index in [4.69, 9.17) is 0 Å². The van der Waals surface area contributed by atoms with Crippen molar-refractivity contribution in [1.29, 1.82) is 0 Å². The van der Waals surface area contributed by atoms with Crippen molar-refractivity contribution in [3.05, 3.63) is 41.2 Å². The molecule has 0 spiro atoms. The van der Waals surface area contributed by atoms with Gasteiger partial charge in [-0.1, -0.05) is 0 Å². The molecule has 1 N–H and O–H groups in total. The van der Waals surface area contributed by atoms with Gasteiger partial charge in [-0.25, -0.2) is 14.4 Å². The molecule has 6 nitrogen and oxygen atoms in total. The van der Waals surface area contributed by atoms with Crippen LogP contribution >= 0.6 is 0 Å². The predicted molar refractivity (Wildman–Crippen MR) is 88.8 cm³/mol. The van der Waals surface area contributed by atoms with Crippen LogP contribution in [-0.2, 0) is 26.2 Å². The lowest BCUT2D eigenvalue weighted by Crippen LogP contribution is -2.20. The molecule has 2 aromatic heterocycles. The van der Waals surface area contributed by atoms with Gasteiger partial charge in [0.15, 0.2) is 5.69 Å². The van der Waals surface area contributed by atoms with E-state index in [0.717, 1.165) is 4.57 Å². The molecule has 0 unspecified atom stereocenters. The number of hydrogen-bond acceptors (Lipinski definition) is 3. The minimum Gasteiger partial charge on any atom is -0.324 e. The molecule has 10 heteroatoms. The van der Waals surface area contributed by atoms with E-state index in [1.54, 1.807) is 7.05 Å². The first-order valence-corrected chi connectivity index (χ1v) is 8.35. The number of halogens is 4. The van der Waals surface area contributed by atoms with Crippen molar-refractivity contribution in [3.63, 3.8) is 0 Å². The van der Waals surface area contributed by atoms with Gasteiger partial charge >= 0.3 is 6.18 Å². The number of imidazole rings is 2. The van der Waals surface area contributed by atoms with Crippen LogP contribution in [0.2, 0.25) is 0 Å². The smallest absolute Gasteiger partial charge is 0.324 e. The maximum Gasteiger partial charge on any atom is 0.449 e. The third-order valence-corrected chi connectivity index (χ3v) is 4.65. The second kappa shape index (κ2) is 6.07. The van der Waals surface area contributed by atoms with E-state index in [2.05, 4.69) is 15.3 Å². The number of rotatable bonds is 2. The average molecular weight is 381 g/mol. The zero-order chi connectivity index (χ0) is 19.3. The van der Waals surface area contributed by atoms with Crippen molar-refractivity contribution in [2.24, 2.45) is 7.05 Å². The summed E-state index contributed by atoms with van der Waals surface area (Å²) in [6.07, 6.45) is -3.00. The van der Waals surface area contributed by atoms with Crippen molar-refractivity contribution >= 4 is 22.9 Å². The standard InChI is InChI=1S/C17H15F4N5O/c1-25-11-6-5-9(18)8-10(11)22-16(25)24-14(27)13-12-4-2-3-7-26(12)15(23-13)17(19,20)21/h5-6,8H,2-4,7H2,1H3,(H,22,24,27). The highest BCUT2D eigenvalue weighted by Crippen LogP contribution is 2.33. The van der Waals surface area contributed by atoms with Crippen LogP contribution in [0.1, 0.15) is 34.8 Å². The Morgan fingerprint density at radius 1 is 1.22 bits per heavy atom. The summed E-state index contributed by atoms with van der Waals surface area (Å²) in [5.74, 6) is -2.20. The summed E-state index contributed by atoms with van der Waals surface area (Å²) in [6.45, 7) is 0.177. The van der Waals surface area contributed by atoms with Crippen LogP contribution in [0.5, 0.6) is 0 Å². The fraction of sp³-hybridized carbons (Fsp3) is 0.353. The minimum absolute atomic E-state index is 0.103. The normalized spacial score (nSPS) is 14.4. The summed E-state index contributed by atoms with van der Waals surface area (Å²) in [4.78, 5) is 20.4. The molecule has 0 aliphatic carbocycles. The fourth-order valence-electron chi connectivity index (χ4n) is 3.39. The molecule has 142 valence electrons. The molecule has 4 rings (SSSR count). The molecular formula is C17H15F4N5O. The second-order valence-electron chi connectivity index (χ2n) is 6.42. The maximum atomic E-state index is 13.4. The molecule has 0 saturated heterocycles. The van der Waals surface area contributed by atoms with Crippen molar-refractivity contribution in [2.45, 2.75) is 32.0 Å². The Kier molecular flexibility index (Phi) is 3.93. The molecule has 0 atom stereocenters. The van der Waals surface area contributed by atoms with E-state index >= 15 is 0 Å². The van der Waals surface area contributed by atoms with Crippen LogP contribution in [-0.4, -0.2) is 25.0 Å². The number of carbonyl (C=O) groups excluding carboxylic acids is 1. The van der Waals surface area contributed by atoms with Gasteiger partial charge in [0.2, 0.25) is 11.8 Å². The third kappa shape index (κ3) is 2.94. The number of carbonyl (C=O) groups is 1. The van der Waals surface area contributed by atoms with Crippen LogP contribution in [0.15, 0.2) is 18.2 Å². The van der Waals surface area contributed by atoms with Crippen molar-refractivity contribution < 1.29 is 22.4 Å². The first kappa shape index (κ1) is 17.5. The van der Waals surface area contributed by atoms with E-state index in [1.165, 1.54) is 22.8 Å². The van der Waals surface area contributed by atoms with Gasteiger partial charge in [-0.3, -0.25) is 10.1 Å². The molecule has 0 bridgehead atoms.